The van der Waals surface area contributed by atoms with Crippen LogP contribution in [0.1, 0.15) is 5.56 Å². The molecular formula is C12H13N3O. The van der Waals surface area contributed by atoms with Crippen LogP contribution in [0.15, 0.2) is 30.6 Å². The molecule has 0 radical (unpaired) electrons. The highest BCUT2D eigenvalue weighted by Crippen LogP contribution is 2.29. The largest absolute Gasteiger partial charge is 0.496 e. The molecule has 2 aromatic rings. The zero-order valence-corrected chi connectivity index (χ0v) is 9.27. The van der Waals surface area contributed by atoms with E-state index in [4.69, 9.17) is 10.5 Å². The summed E-state index contributed by atoms with van der Waals surface area (Å²) >= 11 is 0. The Morgan fingerprint density at radius 3 is 2.69 bits per heavy atom. The van der Waals surface area contributed by atoms with Gasteiger partial charge in [0.15, 0.2) is 0 Å². The maximum atomic E-state index is 5.63. The van der Waals surface area contributed by atoms with Crippen LogP contribution in [0.2, 0.25) is 0 Å². The molecule has 1 aromatic heterocycles. The van der Waals surface area contributed by atoms with Gasteiger partial charge in [-0.25, -0.2) is 9.97 Å². The molecule has 0 unspecified atom stereocenters. The van der Waals surface area contributed by atoms with Gasteiger partial charge in [-0.2, -0.15) is 0 Å². The zero-order valence-electron chi connectivity index (χ0n) is 9.27. The topological polar surface area (TPSA) is 61.0 Å². The Balaban J connectivity index is 2.55. The first kappa shape index (κ1) is 10.4. The molecule has 4 nitrogen and oxygen atoms in total. The molecule has 0 aliphatic carbocycles. The first-order valence-corrected chi connectivity index (χ1v) is 4.93. The van der Waals surface area contributed by atoms with E-state index in [0.717, 1.165) is 22.6 Å². The summed E-state index contributed by atoms with van der Waals surface area (Å²) in [5.74, 6) is 1.24. The summed E-state index contributed by atoms with van der Waals surface area (Å²) in [5.41, 5.74) is 8.45. The Hall–Kier alpha value is -2.10. The molecule has 82 valence electrons. The molecule has 2 N–H and O–H groups in total. The summed E-state index contributed by atoms with van der Waals surface area (Å²) in [6, 6.07) is 7.67. The van der Waals surface area contributed by atoms with Gasteiger partial charge >= 0.3 is 0 Å². The van der Waals surface area contributed by atoms with E-state index in [2.05, 4.69) is 9.97 Å². The number of hydrogen-bond acceptors (Lipinski definition) is 4. The van der Waals surface area contributed by atoms with Gasteiger partial charge in [0.2, 0.25) is 0 Å². The highest BCUT2D eigenvalue weighted by molar-refractivity contribution is 5.69. The van der Waals surface area contributed by atoms with Gasteiger partial charge in [-0.05, 0) is 24.6 Å². The van der Waals surface area contributed by atoms with Crippen molar-refractivity contribution in [3.05, 3.63) is 36.2 Å². The number of nitrogens with zero attached hydrogens (tertiary/aromatic N) is 2. The van der Waals surface area contributed by atoms with Crippen LogP contribution in [0.3, 0.4) is 0 Å². The third kappa shape index (κ3) is 1.95. The Kier molecular flexibility index (Phi) is 2.72. The fraction of sp³-hybridized carbons (Fsp3) is 0.167. The zero-order chi connectivity index (χ0) is 11.5. The van der Waals surface area contributed by atoms with Crippen LogP contribution in [-0.2, 0) is 0 Å². The second kappa shape index (κ2) is 4.18. The minimum atomic E-state index is 0.452. The summed E-state index contributed by atoms with van der Waals surface area (Å²) in [6.45, 7) is 2.01. The number of anilines is 1. The van der Waals surface area contributed by atoms with E-state index in [-0.39, 0.29) is 0 Å². The van der Waals surface area contributed by atoms with Crippen molar-refractivity contribution >= 4 is 5.82 Å². The Bertz CT molecular complexity index is 511. The molecule has 0 aliphatic rings. The number of benzene rings is 1. The second-order valence-electron chi connectivity index (χ2n) is 3.53. The van der Waals surface area contributed by atoms with Crippen LogP contribution in [0, 0.1) is 6.92 Å². The number of nitrogens with two attached hydrogens (primary N) is 1. The summed E-state index contributed by atoms with van der Waals surface area (Å²) in [4.78, 5) is 8.04. The Labute approximate surface area is 94.1 Å². The van der Waals surface area contributed by atoms with Crippen molar-refractivity contribution in [1.82, 2.24) is 9.97 Å². The van der Waals surface area contributed by atoms with E-state index in [1.54, 1.807) is 13.2 Å². The molecule has 0 fully saturated rings. The average molecular weight is 215 g/mol. The second-order valence-corrected chi connectivity index (χ2v) is 3.53. The number of aryl methyl sites for hydroxylation is 1. The van der Waals surface area contributed by atoms with Gasteiger partial charge in [-0.3, -0.25) is 0 Å². The van der Waals surface area contributed by atoms with Gasteiger partial charge in [0.25, 0.3) is 0 Å². The highest BCUT2D eigenvalue weighted by atomic mass is 16.5. The van der Waals surface area contributed by atoms with Crippen LogP contribution in [0.5, 0.6) is 5.75 Å². The SMILES string of the molecule is COc1cc(C)ccc1-c1cc(N)ncn1. The van der Waals surface area contributed by atoms with Gasteiger partial charge in [-0.1, -0.05) is 6.07 Å². The van der Waals surface area contributed by atoms with Crippen LogP contribution in [0.25, 0.3) is 11.3 Å². The lowest BCUT2D eigenvalue weighted by Gasteiger charge is -2.08. The smallest absolute Gasteiger partial charge is 0.128 e. The molecule has 0 amide bonds. The summed E-state index contributed by atoms with van der Waals surface area (Å²) in [6.07, 6.45) is 1.45. The van der Waals surface area contributed by atoms with Crippen molar-refractivity contribution in [2.75, 3.05) is 12.8 Å². The van der Waals surface area contributed by atoms with E-state index in [9.17, 15) is 0 Å². The van der Waals surface area contributed by atoms with E-state index >= 15 is 0 Å². The Morgan fingerprint density at radius 1 is 1.19 bits per heavy atom. The van der Waals surface area contributed by atoms with Crippen LogP contribution < -0.4 is 10.5 Å². The van der Waals surface area contributed by atoms with Crippen LogP contribution >= 0.6 is 0 Å². The molecule has 0 spiro atoms. The quantitative estimate of drug-likeness (QED) is 0.832. The molecule has 0 saturated heterocycles. The number of rotatable bonds is 2. The van der Waals surface area contributed by atoms with Crippen LogP contribution in [0.4, 0.5) is 5.82 Å². The number of nitrogen functional groups attached to an aromatic ring is 1. The van der Waals surface area contributed by atoms with Crippen molar-refractivity contribution in [1.29, 1.82) is 0 Å². The fourth-order valence-electron chi connectivity index (χ4n) is 1.53. The van der Waals surface area contributed by atoms with E-state index in [1.165, 1.54) is 6.33 Å². The third-order valence-corrected chi connectivity index (χ3v) is 2.32. The third-order valence-electron chi connectivity index (χ3n) is 2.32. The number of methoxy groups -OCH3 is 1. The van der Waals surface area contributed by atoms with Crippen LogP contribution in [-0.4, -0.2) is 17.1 Å². The normalized spacial score (nSPS) is 10.1. The monoisotopic (exact) mass is 215 g/mol. The van der Waals surface area contributed by atoms with Gasteiger partial charge in [-0.15, -0.1) is 0 Å². The minimum absolute atomic E-state index is 0.452. The molecule has 0 atom stereocenters. The van der Waals surface area contributed by atoms with E-state index < -0.39 is 0 Å². The molecule has 0 aliphatic heterocycles. The van der Waals surface area contributed by atoms with E-state index in [1.807, 2.05) is 25.1 Å². The molecule has 1 aromatic carbocycles. The first-order chi connectivity index (χ1) is 7.70. The minimum Gasteiger partial charge on any atom is -0.496 e. The van der Waals surface area contributed by atoms with Crippen molar-refractivity contribution in [3.8, 4) is 17.0 Å². The molecule has 4 heteroatoms. The predicted octanol–water partition coefficient (Wildman–Crippen LogP) is 2.04. The lowest BCUT2D eigenvalue weighted by molar-refractivity contribution is 0.416. The molecule has 1 heterocycles. The molecular weight excluding hydrogens is 202 g/mol. The van der Waals surface area contributed by atoms with Gasteiger partial charge in [0.1, 0.15) is 17.9 Å². The summed E-state index contributed by atoms with van der Waals surface area (Å²) in [7, 11) is 1.64. The van der Waals surface area contributed by atoms with Gasteiger partial charge in [0, 0.05) is 11.6 Å². The molecule has 0 bridgehead atoms. The first-order valence-electron chi connectivity index (χ1n) is 4.93. The van der Waals surface area contributed by atoms with E-state index in [0.29, 0.717) is 5.82 Å². The lowest BCUT2D eigenvalue weighted by Crippen LogP contribution is -1.95. The molecule has 16 heavy (non-hydrogen) atoms. The molecule has 2 rings (SSSR count). The van der Waals surface area contributed by atoms with Crippen molar-refractivity contribution < 1.29 is 4.74 Å². The number of hydrogen-bond donors (Lipinski definition) is 1. The molecule has 0 saturated carbocycles. The predicted molar refractivity (Wildman–Crippen MR) is 63.2 cm³/mol. The maximum Gasteiger partial charge on any atom is 0.128 e. The summed E-state index contributed by atoms with van der Waals surface area (Å²) < 4.78 is 5.32. The van der Waals surface area contributed by atoms with Crippen molar-refractivity contribution in [3.63, 3.8) is 0 Å². The van der Waals surface area contributed by atoms with Gasteiger partial charge in [0.05, 0.1) is 12.8 Å². The van der Waals surface area contributed by atoms with Crippen molar-refractivity contribution in [2.24, 2.45) is 0 Å². The number of aromatic nitrogens is 2. The standard InChI is InChI=1S/C12H13N3O/c1-8-3-4-9(11(5-8)16-2)10-6-12(13)15-7-14-10/h3-7H,1-2H3,(H2,13,14,15). The summed E-state index contributed by atoms with van der Waals surface area (Å²) in [5, 5.41) is 0. The fourth-order valence-corrected chi connectivity index (χ4v) is 1.53. The Morgan fingerprint density at radius 2 is 2.00 bits per heavy atom. The lowest BCUT2D eigenvalue weighted by atomic mass is 10.1. The maximum absolute atomic E-state index is 5.63. The average Bonchev–Trinajstić information content (AvgIpc) is 2.28. The van der Waals surface area contributed by atoms with Gasteiger partial charge < -0.3 is 10.5 Å². The number of ether oxygens (including phenoxy) is 1. The van der Waals surface area contributed by atoms with Crippen molar-refractivity contribution in [2.45, 2.75) is 6.92 Å². The highest BCUT2D eigenvalue weighted by Gasteiger charge is 2.07.